The summed E-state index contributed by atoms with van der Waals surface area (Å²) >= 11 is 0. The molecular formula is C17H26N2O3. The number of likely N-dealkylation sites (N-methyl/N-ethyl adjacent to an activating group) is 1. The normalized spacial score (nSPS) is 17.1. The third-order valence-corrected chi connectivity index (χ3v) is 4.12. The van der Waals surface area contributed by atoms with Gasteiger partial charge in [-0.3, -0.25) is 4.79 Å². The number of nitrogens with one attached hydrogen (secondary N) is 1. The Morgan fingerprint density at radius 1 is 1.41 bits per heavy atom. The summed E-state index contributed by atoms with van der Waals surface area (Å²) in [6, 6.07) is 7.66. The van der Waals surface area contributed by atoms with Crippen molar-refractivity contribution in [3.05, 3.63) is 24.3 Å². The molecule has 0 aromatic heterocycles. The number of carbonyl (C=O) groups is 1. The van der Waals surface area contributed by atoms with Gasteiger partial charge < -0.3 is 20.1 Å². The lowest BCUT2D eigenvalue weighted by Gasteiger charge is -2.26. The number of ether oxygens (including phenoxy) is 1. The molecule has 1 aromatic rings. The molecule has 1 amide bonds. The van der Waals surface area contributed by atoms with Crippen molar-refractivity contribution in [2.24, 2.45) is 5.92 Å². The number of benzene rings is 1. The molecule has 122 valence electrons. The lowest BCUT2D eigenvalue weighted by Crippen LogP contribution is -2.39. The molecule has 0 spiro atoms. The molecule has 0 bridgehead atoms. The second-order valence-electron chi connectivity index (χ2n) is 6.19. The van der Waals surface area contributed by atoms with Crippen LogP contribution in [0.5, 0.6) is 5.75 Å². The van der Waals surface area contributed by atoms with Crippen LogP contribution in [0.1, 0.15) is 26.7 Å². The van der Waals surface area contributed by atoms with Crippen molar-refractivity contribution in [2.75, 3.05) is 25.5 Å². The van der Waals surface area contributed by atoms with Crippen molar-refractivity contribution in [2.45, 2.75) is 38.8 Å². The van der Waals surface area contributed by atoms with Gasteiger partial charge in [0.2, 0.25) is 5.91 Å². The smallest absolute Gasteiger partial charge is 0.221 e. The largest absolute Gasteiger partial charge is 0.491 e. The van der Waals surface area contributed by atoms with E-state index in [-0.39, 0.29) is 12.5 Å². The topological polar surface area (TPSA) is 61.8 Å². The SMILES string of the molecule is CC(=O)Nc1ccc(OCC(O)CN(C)C(C)C2CC2)cc1. The number of aliphatic hydroxyl groups excluding tert-OH is 1. The summed E-state index contributed by atoms with van der Waals surface area (Å²) in [6.07, 6.45) is 2.10. The van der Waals surface area contributed by atoms with E-state index < -0.39 is 6.10 Å². The number of hydrogen-bond acceptors (Lipinski definition) is 4. The van der Waals surface area contributed by atoms with Gasteiger partial charge >= 0.3 is 0 Å². The first-order valence-electron chi connectivity index (χ1n) is 7.84. The van der Waals surface area contributed by atoms with Gasteiger partial charge in [-0.15, -0.1) is 0 Å². The van der Waals surface area contributed by atoms with Gasteiger partial charge in [-0.25, -0.2) is 0 Å². The standard InChI is InChI=1S/C17H26N2O3/c1-12(14-4-5-14)19(3)10-16(21)11-22-17-8-6-15(7-9-17)18-13(2)20/h6-9,12,14,16,21H,4-5,10-11H2,1-3H3,(H,18,20). The summed E-state index contributed by atoms with van der Waals surface area (Å²) in [4.78, 5) is 13.1. The van der Waals surface area contributed by atoms with Crippen LogP contribution in [0.3, 0.4) is 0 Å². The second-order valence-corrected chi connectivity index (χ2v) is 6.19. The third-order valence-electron chi connectivity index (χ3n) is 4.12. The first kappa shape index (κ1) is 16.8. The van der Waals surface area contributed by atoms with Crippen molar-refractivity contribution >= 4 is 11.6 Å². The van der Waals surface area contributed by atoms with Crippen LogP contribution >= 0.6 is 0 Å². The maximum Gasteiger partial charge on any atom is 0.221 e. The van der Waals surface area contributed by atoms with E-state index in [0.717, 1.165) is 11.6 Å². The molecule has 1 aliphatic carbocycles. The van der Waals surface area contributed by atoms with Gasteiger partial charge in [0, 0.05) is 25.2 Å². The Bertz CT molecular complexity index is 485. The Morgan fingerprint density at radius 2 is 2.05 bits per heavy atom. The zero-order valence-corrected chi connectivity index (χ0v) is 13.6. The molecule has 5 nitrogen and oxygen atoms in total. The summed E-state index contributed by atoms with van der Waals surface area (Å²) in [5.41, 5.74) is 0.735. The van der Waals surface area contributed by atoms with Crippen LogP contribution in [-0.4, -0.2) is 48.3 Å². The van der Waals surface area contributed by atoms with Crippen LogP contribution in [0.15, 0.2) is 24.3 Å². The van der Waals surface area contributed by atoms with Crippen LogP contribution in [0.25, 0.3) is 0 Å². The molecule has 2 atom stereocenters. The van der Waals surface area contributed by atoms with Crippen molar-refractivity contribution in [1.29, 1.82) is 0 Å². The highest BCUT2D eigenvalue weighted by Crippen LogP contribution is 2.34. The minimum atomic E-state index is -0.513. The van der Waals surface area contributed by atoms with E-state index in [1.54, 1.807) is 24.3 Å². The lowest BCUT2D eigenvalue weighted by atomic mass is 10.2. The number of nitrogens with zero attached hydrogens (tertiary/aromatic N) is 1. The molecule has 2 rings (SSSR count). The van der Waals surface area contributed by atoms with Gasteiger partial charge in [-0.1, -0.05) is 0 Å². The summed E-state index contributed by atoms with van der Waals surface area (Å²) in [5.74, 6) is 1.38. The summed E-state index contributed by atoms with van der Waals surface area (Å²) in [7, 11) is 2.05. The Hall–Kier alpha value is -1.59. The van der Waals surface area contributed by atoms with Crippen LogP contribution in [-0.2, 0) is 4.79 Å². The molecular weight excluding hydrogens is 280 g/mol. The first-order chi connectivity index (χ1) is 10.5. The maximum atomic E-state index is 10.9. The van der Waals surface area contributed by atoms with Gasteiger partial charge in [0.25, 0.3) is 0 Å². The summed E-state index contributed by atoms with van der Waals surface area (Å²) in [6.45, 7) is 4.56. The van der Waals surface area contributed by atoms with E-state index >= 15 is 0 Å². The number of rotatable bonds is 8. The Labute approximate surface area is 132 Å². The van der Waals surface area contributed by atoms with Crippen LogP contribution in [0, 0.1) is 5.92 Å². The van der Waals surface area contributed by atoms with Crippen molar-refractivity contribution in [3.8, 4) is 5.75 Å². The van der Waals surface area contributed by atoms with Crippen LogP contribution in [0.4, 0.5) is 5.69 Å². The molecule has 22 heavy (non-hydrogen) atoms. The quantitative estimate of drug-likeness (QED) is 0.772. The van der Waals surface area contributed by atoms with E-state index in [1.165, 1.54) is 19.8 Å². The van der Waals surface area contributed by atoms with E-state index in [2.05, 4.69) is 24.2 Å². The molecule has 0 saturated heterocycles. The first-order valence-corrected chi connectivity index (χ1v) is 7.84. The van der Waals surface area contributed by atoms with Crippen LogP contribution < -0.4 is 10.1 Å². The van der Waals surface area contributed by atoms with E-state index in [0.29, 0.717) is 18.3 Å². The molecule has 0 radical (unpaired) electrons. The van der Waals surface area contributed by atoms with E-state index in [1.807, 2.05) is 0 Å². The third kappa shape index (κ3) is 5.31. The number of carbonyl (C=O) groups excluding carboxylic acids is 1. The van der Waals surface area contributed by atoms with Gasteiger partial charge in [-0.05, 0) is 57.0 Å². The zero-order chi connectivity index (χ0) is 16.1. The molecule has 5 heteroatoms. The van der Waals surface area contributed by atoms with Gasteiger partial charge in [-0.2, -0.15) is 0 Å². The molecule has 1 aromatic carbocycles. The highest BCUT2D eigenvalue weighted by Gasteiger charge is 2.30. The average Bonchev–Trinajstić information content (AvgIpc) is 3.29. The molecule has 1 fully saturated rings. The minimum absolute atomic E-state index is 0.100. The summed E-state index contributed by atoms with van der Waals surface area (Å²) < 4.78 is 5.60. The Balaban J connectivity index is 1.73. The predicted octanol–water partition coefficient (Wildman–Crippen LogP) is 2.11. The van der Waals surface area contributed by atoms with Gasteiger partial charge in [0.15, 0.2) is 0 Å². The van der Waals surface area contributed by atoms with Crippen molar-refractivity contribution in [3.63, 3.8) is 0 Å². The molecule has 2 unspecified atom stereocenters. The van der Waals surface area contributed by atoms with E-state index in [4.69, 9.17) is 4.74 Å². The van der Waals surface area contributed by atoms with Crippen molar-refractivity contribution in [1.82, 2.24) is 4.90 Å². The van der Waals surface area contributed by atoms with E-state index in [9.17, 15) is 9.90 Å². The fourth-order valence-corrected chi connectivity index (χ4v) is 2.52. The fourth-order valence-electron chi connectivity index (χ4n) is 2.52. The number of hydrogen-bond donors (Lipinski definition) is 2. The number of amides is 1. The minimum Gasteiger partial charge on any atom is -0.491 e. The monoisotopic (exact) mass is 306 g/mol. The van der Waals surface area contributed by atoms with Crippen LogP contribution in [0.2, 0.25) is 0 Å². The zero-order valence-electron chi connectivity index (χ0n) is 13.6. The Morgan fingerprint density at radius 3 is 2.59 bits per heavy atom. The number of anilines is 1. The number of aliphatic hydroxyl groups is 1. The highest BCUT2D eigenvalue weighted by atomic mass is 16.5. The lowest BCUT2D eigenvalue weighted by molar-refractivity contribution is -0.114. The molecule has 0 aliphatic heterocycles. The van der Waals surface area contributed by atoms with Gasteiger partial charge in [0.1, 0.15) is 18.5 Å². The molecule has 1 aliphatic rings. The second kappa shape index (κ2) is 7.61. The summed E-state index contributed by atoms with van der Waals surface area (Å²) in [5, 5.41) is 12.8. The predicted molar refractivity (Wildman–Crippen MR) is 87.1 cm³/mol. The van der Waals surface area contributed by atoms with Gasteiger partial charge in [0.05, 0.1) is 0 Å². The average molecular weight is 306 g/mol. The molecule has 0 heterocycles. The maximum absolute atomic E-state index is 10.9. The highest BCUT2D eigenvalue weighted by molar-refractivity contribution is 5.88. The Kier molecular flexibility index (Phi) is 5.80. The molecule has 1 saturated carbocycles. The van der Waals surface area contributed by atoms with Crippen molar-refractivity contribution < 1.29 is 14.6 Å². The molecule has 2 N–H and O–H groups in total. The fraction of sp³-hybridized carbons (Fsp3) is 0.588.